The summed E-state index contributed by atoms with van der Waals surface area (Å²) in [7, 11) is 0. The highest BCUT2D eigenvalue weighted by Gasteiger charge is 2.31. The van der Waals surface area contributed by atoms with Crippen molar-refractivity contribution in [1.82, 2.24) is 0 Å². The number of alkyl halides is 3. The molecular formula is C25H23F3O5. The average molecular weight is 460 g/mol. The minimum Gasteiger partial charge on any atom is -0.493 e. The Balaban J connectivity index is 1.64. The summed E-state index contributed by atoms with van der Waals surface area (Å²) in [4.78, 5) is 10.8. The molecule has 0 fully saturated rings. The molecule has 0 aliphatic rings. The van der Waals surface area contributed by atoms with Crippen LogP contribution in [0.4, 0.5) is 13.2 Å². The van der Waals surface area contributed by atoms with Gasteiger partial charge in [-0.05, 0) is 55.0 Å². The third-order valence-electron chi connectivity index (χ3n) is 4.62. The van der Waals surface area contributed by atoms with Crippen molar-refractivity contribution < 1.29 is 37.3 Å². The van der Waals surface area contributed by atoms with Gasteiger partial charge in [0.1, 0.15) is 11.5 Å². The number of carboxylic acid groups (broad SMARTS) is 1. The Kier molecular flexibility index (Phi) is 7.82. The molecule has 0 heterocycles. The standard InChI is InChI=1S/C25H23F3O5/c1-17(12-13-31-21-9-5-6-18(14-21)15-24(29)30)32-22-11-10-19(25(26,27)28)16-23(22)33-20-7-3-2-4-8-20/h2-11,14,16-17H,12-13,15H2,1H3,(H,29,30)/t17-/m0/s1. The van der Waals surface area contributed by atoms with Gasteiger partial charge < -0.3 is 19.3 Å². The van der Waals surface area contributed by atoms with Gasteiger partial charge in [-0.2, -0.15) is 13.2 Å². The van der Waals surface area contributed by atoms with Crippen LogP contribution < -0.4 is 14.2 Å². The van der Waals surface area contributed by atoms with Crippen LogP contribution in [0.2, 0.25) is 0 Å². The second kappa shape index (κ2) is 10.8. The molecule has 33 heavy (non-hydrogen) atoms. The van der Waals surface area contributed by atoms with Crippen LogP contribution in [0.3, 0.4) is 0 Å². The maximum Gasteiger partial charge on any atom is 0.416 e. The lowest BCUT2D eigenvalue weighted by molar-refractivity contribution is -0.138. The van der Waals surface area contributed by atoms with Gasteiger partial charge in [-0.15, -0.1) is 0 Å². The van der Waals surface area contributed by atoms with E-state index < -0.39 is 17.7 Å². The van der Waals surface area contributed by atoms with E-state index in [2.05, 4.69) is 0 Å². The van der Waals surface area contributed by atoms with E-state index in [1.807, 2.05) is 0 Å². The molecule has 3 aromatic rings. The number of aliphatic carboxylic acids is 1. The minimum absolute atomic E-state index is 0.0369. The number of carbonyl (C=O) groups is 1. The lowest BCUT2D eigenvalue weighted by Crippen LogP contribution is -2.16. The Morgan fingerprint density at radius 3 is 2.36 bits per heavy atom. The monoisotopic (exact) mass is 460 g/mol. The van der Waals surface area contributed by atoms with Gasteiger partial charge in [0.05, 0.1) is 24.7 Å². The van der Waals surface area contributed by atoms with Crippen LogP contribution in [0.15, 0.2) is 72.8 Å². The summed E-state index contributed by atoms with van der Waals surface area (Å²) in [5.41, 5.74) is -0.213. The average Bonchev–Trinajstić information content (AvgIpc) is 2.75. The summed E-state index contributed by atoms with van der Waals surface area (Å²) in [6.07, 6.45) is -4.56. The zero-order valence-electron chi connectivity index (χ0n) is 17.8. The largest absolute Gasteiger partial charge is 0.493 e. The number of hydrogen-bond acceptors (Lipinski definition) is 4. The van der Waals surface area contributed by atoms with E-state index in [4.69, 9.17) is 19.3 Å². The zero-order chi connectivity index (χ0) is 23.8. The van der Waals surface area contributed by atoms with Crippen LogP contribution >= 0.6 is 0 Å². The highest BCUT2D eigenvalue weighted by molar-refractivity contribution is 5.70. The molecule has 0 saturated heterocycles. The van der Waals surface area contributed by atoms with Crippen molar-refractivity contribution in [2.45, 2.75) is 32.0 Å². The Morgan fingerprint density at radius 2 is 1.67 bits per heavy atom. The number of halogens is 3. The second-order valence-electron chi connectivity index (χ2n) is 7.36. The maximum absolute atomic E-state index is 13.2. The van der Waals surface area contributed by atoms with Crippen LogP contribution in [-0.2, 0) is 17.4 Å². The van der Waals surface area contributed by atoms with Gasteiger partial charge in [0.2, 0.25) is 0 Å². The fourth-order valence-electron chi connectivity index (χ4n) is 3.02. The number of ether oxygens (including phenoxy) is 3. The zero-order valence-corrected chi connectivity index (χ0v) is 17.8. The van der Waals surface area contributed by atoms with Crippen LogP contribution in [0.1, 0.15) is 24.5 Å². The normalized spacial score (nSPS) is 12.1. The lowest BCUT2D eigenvalue weighted by atomic mass is 10.1. The Bertz CT molecular complexity index is 1070. The molecule has 0 saturated carbocycles. The fourth-order valence-corrected chi connectivity index (χ4v) is 3.02. The van der Waals surface area contributed by atoms with E-state index in [-0.39, 0.29) is 30.6 Å². The summed E-state index contributed by atoms with van der Waals surface area (Å²) in [5, 5.41) is 8.89. The van der Waals surface area contributed by atoms with Crippen molar-refractivity contribution in [3.05, 3.63) is 83.9 Å². The number of benzene rings is 3. The molecule has 8 heteroatoms. The third kappa shape index (κ3) is 7.45. The van der Waals surface area contributed by atoms with Gasteiger partial charge in [-0.25, -0.2) is 0 Å². The topological polar surface area (TPSA) is 65.0 Å². The van der Waals surface area contributed by atoms with Crippen molar-refractivity contribution >= 4 is 5.97 Å². The van der Waals surface area contributed by atoms with Gasteiger partial charge in [0.25, 0.3) is 0 Å². The summed E-state index contributed by atoms with van der Waals surface area (Å²) < 4.78 is 56.7. The molecule has 0 radical (unpaired) electrons. The third-order valence-corrected chi connectivity index (χ3v) is 4.62. The van der Waals surface area contributed by atoms with Gasteiger partial charge in [-0.3, -0.25) is 4.79 Å². The first-order valence-corrected chi connectivity index (χ1v) is 10.2. The fraction of sp³-hybridized carbons (Fsp3) is 0.240. The SMILES string of the molecule is C[C@@H](CCOc1cccc(CC(=O)O)c1)Oc1ccc(C(F)(F)F)cc1Oc1ccccc1. The van der Waals surface area contributed by atoms with Gasteiger partial charge >= 0.3 is 12.1 Å². The number of rotatable bonds is 10. The molecule has 174 valence electrons. The molecule has 0 amide bonds. The number of hydrogen-bond donors (Lipinski definition) is 1. The molecule has 1 N–H and O–H groups in total. The molecule has 1 atom stereocenters. The minimum atomic E-state index is -4.51. The molecule has 0 aliphatic heterocycles. The molecule has 3 rings (SSSR count). The van der Waals surface area contributed by atoms with Crippen LogP contribution in [-0.4, -0.2) is 23.8 Å². The molecule has 5 nitrogen and oxygen atoms in total. The summed E-state index contributed by atoms with van der Waals surface area (Å²) >= 11 is 0. The quantitative estimate of drug-likeness (QED) is 0.381. The molecule has 0 bridgehead atoms. The molecular weight excluding hydrogens is 437 g/mol. The number of carboxylic acids is 1. The van der Waals surface area contributed by atoms with Gasteiger partial charge in [0, 0.05) is 6.42 Å². The van der Waals surface area contributed by atoms with Crippen molar-refractivity contribution in [2.75, 3.05) is 6.61 Å². The molecule has 0 aliphatic carbocycles. The Hall–Kier alpha value is -3.68. The Labute approximate surface area is 189 Å². The first-order chi connectivity index (χ1) is 15.7. The highest BCUT2D eigenvalue weighted by atomic mass is 19.4. The first kappa shape index (κ1) is 24.0. The van der Waals surface area contributed by atoms with E-state index >= 15 is 0 Å². The smallest absolute Gasteiger partial charge is 0.416 e. The van der Waals surface area contributed by atoms with E-state index in [0.717, 1.165) is 12.1 Å². The predicted octanol–water partition coefficient (Wildman–Crippen LogP) is 6.36. The van der Waals surface area contributed by atoms with Crippen molar-refractivity contribution in [1.29, 1.82) is 0 Å². The van der Waals surface area contributed by atoms with E-state index in [0.29, 0.717) is 23.5 Å². The van der Waals surface area contributed by atoms with Crippen LogP contribution in [0.25, 0.3) is 0 Å². The van der Waals surface area contributed by atoms with Crippen LogP contribution in [0, 0.1) is 0 Å². The van der Waals surface area contributed by atoms with Crippen molar-refractivity contribution in [3.8, 4) is 23.0 Å². The van der Waals surface area contributed by atoms with Crippen LogP contribution in [0.5, 0.6) is 23.0 Å². The maximum atomic E-state index is 13.2. The van der Waals surface area contributed by atoms with Crippen molar-refractivity contribution in [3.63, 3.8) is 0 Å². The molecule has 3 aromatic carbocycles. The second-order valence-corrected chi connectivity index (χ2v) is 7.36. The number of para-hydroxylation sites is 1. The van der Waals surface area contributed by atoms with Gasteiger partial charge in [-0.1, -0.05) is 30.3 Å². The highest BCUT2D eigenvalue weighted by Crippen LogP contribution is 2.38. The van der Waals surface area contributed by atoms with E-state index in [9.17, 15) is 18.0 Å². The predicted molar refractivity (Wildman–Crippen MR) is 116 cm³/mol. The molecule has 0 aromatic heterocycles. The summed E-state index contributed by atoms with van der Waals surface area (Å²) in [5.74, 6) is 0.134. The Morgan fingerprint density at radius 1 is 0.939 bits per heavy atom. The summed E-state index contributed by atoms with van der Waals surface area (Å²) in [6.45, 7) is 2.04. The van der Waals surface area contributed by atoms with Crippen molar-refractivity contribution in [2.24, 2.45) is 0 Å². The molecule has 0 unspecified atom stereocenters. The first-order valence-electron chi connectivity index (χ1n) is 10.2. The lowest BCUT2D eigenvalue weighted by Gasteiger charge is -2.19. The van der Waals surface area contributed by atoms with E-state index in [1.165, 1.54) is 6.07 Å². The van der Waals surface area contributed by atoms with Gasteiger partial charge in [0.15, 0.2) is 11.5 Å². The molecule has 0 spiro atoms. The van der Waals surface area contributed by atoms with E-state index in [1.54, 1.807) is 61.5 Å². The summed E-state index contributed by atoms with van der Waals surface area (Å²) in [6, 6.07) is 18.4.